The Morgan fingerprint density at radius 2 is 2.11 bits per heavy atom. The molecule has 19 heavy (non-hydrogen) atoms. The van der Waals surface area contributed by atoms with Crippen LogP contribution in [0.4, 0.5) is 0 Å². The van der Waals surface area contributed by atoms with Crippen LogP contribution in [0.2, 0.25) is 10.0 Å². The van der Waals surface area contributed by atoms with Gasteiger partial charge in [-0.2, -0.15) is 0 Å². The molecule has 0 fully saturated rings. The number of aliphatic hydroxyl groups excluding tert-OH is 1. The van der Waals surface area contributed by atoms with Crippen molar-refractivity contribution in [1.29, 1.82) is 0 Å². The van der Waals surface area contributed by atoms with Crippen molar-refractivity contribution in [2.24, 2.45) is 5.92 Å². The molecule has 1 amide bonds. The molecule has 0 saturated carbocycles. The molecule has 1 aromatic carbocycles. The minimum Gasteiger partial charge on any atom is -0.396 e. The zero-order valence-electron chi connectivity index (χ0n) is 10.8. The Bertz CT molecular complexity index is 443. The summed E-state index contributed by atoms with van der Waals surface area (Å²) in [7, 11) is 0. The first-order valence-corrected chi connectivity index (χ1v) is 7.66. The number of amides is 1. The molecule has 0 aliphatic rings. The summed E-state index contributed by atoms with van der Waals surface area (Å²) < 4.78 is 0. The second-order valence-corrected chi connectivity index (χ2v) is 6.24. The van der Waals surface area contributed by atoms with Crippen LogP contribution in [-0.2, 0) is 4.79 Å². The largest absolute Gasteiger partial charge is 0.396 e. The van der Waals surface area contributed by atoms with Crippen molar-refractivity contribution in [1.82, 2.24) is 5.32 Å². The number of hydrogen-bond acceptors (Lipinski definition) is 3. The van der Waals surface area contributed by atoms with Crippen molar-refractivity contribution >= 4 is 40.9 Å². The molecule has 0 bridgehead atoms. The van der Waals surface area contributed by atoms with Gasteiger partial charge in [0.05, 0.1) is 10.8 Å². The van der Waals surface area contributed by atoms with Gasteiger partial charge in [0, 0.05) is 22.6 Å². The quantitative estimate of drug-likeness (QED) is 0.791. The standard InChI is InChI=1S/C13H17Cl2NO2S/c1-8(6-17)9(2)16-13(18)7-19-12-5-10(14)3-4-11(12)15/h3-5,8-9,17H,6-7H2,1-2H3,(H,16,18). The molecular formula is C13H17Cl2NO2S. The molecule has 0 heterocycles. The Hall–Kier alpha value is -0.420. The van der Waals surface area contributed by atoms with Gasteiger partial charge in [0.2, 0.25) is 5.91 Å². The smallest absolute Gasteiger partial charge is 0.230 e. The van der Waals surface area contributed by atoms with Gasteiger partial charge in [-0.3, -0.25) is 4.79 Å². The fourth-order valence-electron chi connectivity index (χ4n) is 1.33. The van der Waals surface area contributed by atoms with Crippen LogP contribution in [0.15, 0.2) is 23.1 Å². The van der Waals surface area contributed by atoms with Crippen LogP contribution in [0.5, 0.6) is 0 Å². The first-order valence-electron chi connectivity index (χ1n) is 5.92. The maximum atomic E-state index is 11.8. The molecule has 6 heteroatoms. The Morgan fingerprint density at radius 1 is 1.42 bits per heavy atom. The van der Waals surface area contributed by atoms with Crippen LogP contribution >= 0.6 is 35.0 Å². The van der Waals surface area contributed by atoms with E-state index in [0.717, 1.165) is 4.90 Å². The predicted octanol–water partition coefficient (Wildman–Crippen LogP) is 3.22. The van der Waals surface area contributed by atoms with Crippen LogP contribution in [0.3, 0.4) is 0 Å². The molecule has 1 aromatic rings. The van der Waals surface area contributed by atoms with Crippen LogP contribution in [0.25, 0.3) is 0 Å². The summed E-state index contributed by atoms with van der Waals surface area (Å²) >= 11 is 13.2. The average Bonchev–Trinajstić information content (AvgIpc) is 2.38. The van der Waals surface area contributed by atoms with Gasteiger partial charge >= 0.3 is 0 Å². The van der Waals surface area contributed by atoms with E-state index in [0.29, 0.717) is 10.0 Å². The highest BCUT2D eigenvalue weighted by molar-refractivity contribution is 8.00. The Morgan fingerprint density at radius 3 is 2.74 bits per heavy atom. The third-order valence-electron chi connectivity index (χ3n) is 2.78. The number of benzene rings is 1. The zero-order chi connectivity index (χ0) is 14.4. The molecule has 0 radical (unpaired) electrons. The number of nitrogens with one attached hydrogen (secondary N) is 1. The number of carbonyl (C=O) groups is 1. The number of aliphatic hydroxyl groups is 1. The van der Waals surface area contributed by atoms with Gasteiger partial charge in [-0.15, -0.1) is 11.8 Å². The van der Waals surface area contributed by atoms with Gasteiger partial charge in [0.15, 0.2) is 0 Å². The summed E-state index contributed by atoms with van der Waals surface area (Å²) in [6.07, 6.45) is 0. The number of thioether (sulfide) groups is 1. The normalized spacial score (nSPS) is 13.9. The van der Waals surface area contributed by atoms with E-state index in [1.807, 2.05) is 13.8 Å². The minimum absolute atomic E-state index is 0.0312. The molecule has 0 aromatic heterocycles. The fourth-order valence-corrected chi connectivity index (χ4v) is 2.63. The molecule has 106 valence electrons. The molecule has 0 spiro atoms. The third kappa shape index (κ3) is 5.61. The van der Waals surface area contributed by atoms with E-state index >= 15 is 0 Å². The predicted molar refractivity (Wildman–Crippen MR) is 81.0 cm³/mol. The van der Waals surface area contributed by atoms with Crippen molar-refractivity contribution in [2.45, 2.75) is 24.8 Å². The van der Waals surface area contributed by atoms with Gasteiger partial charge in [0.1, 0.15) is 0 Å². The van der Waals surface area contributed by atoms with E-state index in [1.54, 1.807) is 18.2 Å². The zero-order valence-corrected chi connectivity index (χ0v) is 13.1. The maximum absolute atomic E-state index is 11.8. The highest BCUT2D eigenvalue weighted by Gasteiger charge is 2.14. The van der Waals surface area contributed by atoms with E-state index < -0.39 is 0 Å². The van der Waals surface area contributed by atoms with Crippen molar-refractivity contribution < 1.29 is 9.90 Å². The van der Waals surface area contributed by atoms with Gasteiger partial charge < -0.3 is 10.4 Å². The fraction of sp³-hybridized carbons (Fsp3) is 0.462. The van der Waals surface area contributed by atoms with E-state index in [4.69, 9.17) is 28.3 Å². The summed E-state index contributed by atoms with van der Waals surface area (Å²) in [4.78, 5) is 12.5. The van der Waals surface area contributed by atoms with E-state index in [9.17, 15) is 4.79 Å². The van der Waals surface area contributed by atoms with Crippen molar-refractivity contribution in [3.63, 3.8) is 0 Å². The lowest BCUT2D eigenvalue weighted by Crippen LogP contribution is -2.39. The van der Waals surface area contributed by atoms with Gasteiger partial charge in [-0.1, -0.05) is 30.1 Å². The lowest BCUT2D eigenvalue weighted by Gasteiger charge is -2.19. The first-order chi connectivity index (χ1) is 8.93. The van der Waals surface area contributed by atoms with Crippen molar-refractivity contribution in [3.05, 3.63) is 28.2 Å². The second kappa shape index (κ2) is 8.00. The number of rotatable bonds is 6. The molecule has 0 aliphatic carbocycles. The minimum atomic E-state index is -0.0890. The summed E-state index contributed by atoms with van der Waals surface area (Å²) in [6.45, 7) is 3.80. The lowest BCUT2D eigenvalue weighted by molar-refractivity contribution is -0.119. The van der Waals surface area contributed by atoms with Crippen LogP contribution in [0, 0.1) is 5.92 Å². The number of carbonyl (C=O) groups excluding carboxylic acids is 1. The summed E-state index contributed by atoms with van der Waals surface area (Å²) in [5.74, 6) is 0.209. The SMILES string of the molecule is CC(CO)C(C)NC(=O)CSc1cc(Cl)ccc1Cl. The Labute approximate surface area is 127 Å². The first kappa shape index (κ1) is 16.6. The van der Waals surface area contributed by atoms with Crippen molar-refractivity contribution in [3.8, 4) is 0 Å². The van der Waals surface area contributed by atoms with Crippen LogP contribution in [-0.4, -0.2) is 29.4 Å². The Kier molecular flexibility index (Phi) is 7.00. The van der Waals surface area contributed by atoms with Gasteiger partial charge in [-0.25, -0.2) is 0 Å². The summed E-state index contributed by atoms with van der Waals surface area (Å²) in [5, 5.41) is 13.0. The number of halogens is 2. The van der Waals surface area contributed by atoms with E-state index in [-0.39, 0.29) is 30.2 Å². The number of hydrogen-bond donors (Lipinski definition) is 2. The average molecular weight is 322 g/mol. The lowest BCUT2D eigenvalue weighted by atomic mass is 10.1. The molecular weight excluding hydrogens is 305 g/mol. The maximum Gasteiger partial charge on any atom is 0.230 e. The molecule has 1 rings (SSSR count). The third-order valence-corrected chi connectivity index (χ3v) is 4.51. The highest BCUT2D eigenvalue weighted by Crippen LogP contribution is 2.29. The highest BCUT2D eigenvalue weighted by atomic mass is 35.5. The molecule has 3 nitrogen and oxygen atoms in total. The van der Waals surface area contributed by atoms with Crippen LogP contribution < -0.4 is 5.32 Å². The summed E-state index contributed by atoms with van der Waals surface area (Å²) in [6, 6.07) is 5.09. The topological polar surface area (TPSA) is 49.3 Å². The van der Waals surface area contributed by atoms with Crippen LogP contribution in [0.1, 0.15) is 13.8 Å². The second-order valence-electron chi connectivity index (χ2n) is 4.38. The van der Waals surface area contributed by atoms with E-state index in [1.165, 1.54) is 11.8 Å². The van der Waals surface area contributed by atoms with E-state index in [2.05, 4.69) is 5.32 Å². The Balaban J connectivity index is 2.48. The van der Waals surface area contributed by atoms with Gasteiger partial charge in [0.25, 0.3) is 0 Å². The monoisotopic (exact) mass is 321 g/mol. The molecule has 2 unspecified atom stereocenters. The molecule has 0 aliphatic heterocycles. The summed E-state index contributed by atoms with van der Waals surface area (Å²) in [5.41, 5.74) is 0. The molecule has 2 atom stereocenters. The van der Waals surface area contributed by atoms with Crippen molar-refractivity contribution in [2.75, 3.05) is 12.4 Å². The molecule has 2 N–H and O–H groups in total. The van der Waals surface area contributed by atoms with Gasteiger partial charge in [-0.05, 0) is 31.0 Å². The molecule has 0 saturated heterocycles.